The predicted octanol–water partition coefficient (Wildman–Crippen LogP) is 0.0839. The van der Waals surface area contributed by atoms with Gasteiger partial charge in [-0.2, -0.15) is 0 Å². The number of rotatable bonds is 5. The zero-order valence-electron chi connectivity index (χ0n) is 18.4. The van der Waals surface area contributed by atoms with Crippen LogP contribution in [0.25, 0.3) is 0 Å². The number of carbonyl (C=O) groups excluding carboxylic acids is 2. The molecule has 0 bridgehead atoms. The van der Waals surface area contributed by atoms with Crippen molar-refractivity contribution in [1.29, 1.82) is 0 Å². The number of aliphatic hydroxyl groups is 2. The summed E-state index contributed by atoms with van der Waals surface area (Å²) in [7, 11) is 2.39. The van der Waals surface area contributed by atoms with Crippen LogP contribution in [0.4, 0.5) is 0 Å². The van der Waals surface area contributed by atoms with Crippen LogP contribution >= 0.6 is 0 Å². The molecule has 5 atom stereocenters. The fourth-order valence-corrected chi connectivity index (χ4v) is 4.05. The van der Waals surface area contributed by atoms with Crippen LogP contribution in [0.3, 0.4) is 0 Å². The molecule has 188 valence electrons. The van der Waals surface area contributed by atoms with Crippen LogP contribution < -0.4 is 9.47 Å². The van der Waals surface area contributed by atoms with Crippen LogP contribution in [0.1, 0.15) is 32.4 Å². The molecule has 0 radical (unpaired) electrons. The Morgan fingerprint density at radius 1 is 0.971 bits per heavy atom. The molecule has 0 spiro atoms. The summed E-state index contributed by atoms with van der Waals surface area (Å²) < 4.78 is 25.9. The van der Waals surface area contributed by atoms with Crippen molar-refractivity contribution < 1.29 is 63.9 Å². The highest BCUT2D eigenvalue weighted by Gasteiger charge is 2.52. The Hall–Kier alpha value is -3.94. The van der Waals surface area contributed by atoms with Crippen molar-refractivity contribution in [3.63, 3.8) is 0 Å². The van der Waals surface area contributed by atoms with E-state index in [2.05, 4.69) is 0 Å². The fraction of sp³-hybridized carbons (Fsp3) is 0.364. The number of hydrogen-bond acceptors (Lipinski definition) is 13. The molecule has 0 aliphatic carbocycles. The Morgan fingerprint density at radius 3 is 2.34 bits per heavy atom. The third-order valence-electron chi connectivity index (χ3n) is 5.80. The number of aromatic hydroxyl groups is 4. The number of phenolic OH excluding ortho intramolecular Hbond substituents is 4. The Bertz CT molecular complexity index is 1180. The second kappa shape index (κ2) is 9.02. The van der Waals surface area contributed by atoms with Gasteiger partial charge in [-0.1, -0.05) is 0 Å². The van der Waals surface area contributed by atoms with Crippen molar-refractivity contribution in [2.75, 3.05) is 20.8 Å². The Labute approximate surface area is 197 Å². The van der Waals surface area contributed by atoms with Gasteiger partial charge in [0.15, 0.2) is 29.1 Å². The standard InChI is InChI=1S/C22H22O13/c1-31-11-4-7(3-9(23)14(11)25)21(29)33-6-12-15(26)17(28)20-19(34-12)13-8(22(30)35-20)5-10(24)18(32-2)16(13)27/h3-5,12,15,17,19-20,23-28H,6H2,1-2H3/t12-,15-,17+,19+,20-/m1/s1. The van der Waals surface area contributed by atoms with Gasteiger partial charge in [-0.15, -0.1) is 0 Å². The number of phenols is 4. The van der Waals surface area contributed by atoms with Gasteiger partial charge >= 0.3 is 11.9 Å². The zero-order valence-corrected chi connectivity index (χ0v) is 18.4. The third-order valence-corrected chi connectivity index (χ3v) is 5.80. The maximum absolute atomic E-state index is 12.5. The lowest BCUT2D eigenvalue weighted by Crippen LogP contribution is -2.58. The molecular weight excluding hydrogens is 472 g/mol. The van der Waals surface area contributed by atoms with Crippen molar-refractivity contribution >= 4 is 11.9 Å². The van der Waals surface area contributed by atoms with E-state index in [0.29, 0.717) is 0 Å². The Morgan fingerprint density at radius 2 is 1.69 bits per heavy atom. The van der Waals surface area contributed by atoms with E-state index in [0.717, 1.165) is 18.2 Å². The summed E-state index contributed by atoms with van der Waals surface area (Å²) in [5, 5.41) is 61.2. The van der Waals surface area contributed by atoms with Crippen LogP contribution in [0.2, 0.25) is 0 Å². The maximum atomic E-state index is 12.5. The average molecular weight is 494 g/mol. The van der Waals surface area contributed by atoms with Crippen molar-refractivity contribution in [3.05, 3.63) is 34.9 Å². The number of carbonyl (C=O) groups is 2. The topological polar surface area (TPSA) is 202 Å². The molecule has 13 nitrogen and oxygen atoms in total. The van der Waals surface area contributed by atoms with Crippen molar-refractivity contribution in [2.45, 2.75) is 30.5 Å². The molecule has 2 aliphatic rings. The second-order valence-corrected chi connectivity index (χ2v) is 7.83. The van der Waals surface area contributed by atoms with Gasteiger partial charge in [-0.05, 0) is 18.2 Å². The Kier molecular flexibility index (Phi) is 6.23. The zero-order chi connectivity index (χ0) is 25.6. The van der Waals surface area contributed by atoms with Gasteiger partial charge in [0, 0.05) is 5.56 Å². The SMILES string of the molecule is COc1cc(C(=O)OC[C@H]2O[C@H]3c4c(cc(O)c(OC)c4O)C(=O)O[C@@H]3[C@@H](O)[C@@H]2O)cc(O)c1O. The normalized spacial score (nSPS) is 25.1. The van der Waals surface area contributed by atoms with Gasteiger partial charge in [0.2, 0.25) is 11.5 Å². The van der Waals surface area contributed by atoms with E-state index in [4.69, 9.17) is 23.7 Å². The van der Waals surface area contributed by atoms with E-state index in [1.54, 1.807) is 0 Å². The van der Waals surface area contributed by atoms with E-state index in [1.807, 2.05) is 0 Å². The lowest BCUT2D eigenvalue weighted by Gasteiger charge is -2.44. The van der Waals surface area contributed by atoms with Gasteiger partial charge in [-0.25, -0.2) is 9.59 Å². The van der Waals surface area contributed by atoms with E-state index in [1.165, 1.54) is 14.2 Å². The first-order valence-electron chi connectivity index (χ1n) is 10.2. The molecule has 0 aromatic heterocycles. The molecule has 4 rings (SSSR count). The first kappa shape index (κ1) is 24.2. The minimum Gasteiger partial charge on any atom is -0.504 e. The summed E-state index contributed by atoms with van der Waals surface area (Å²) >= 11 is 0. The number of methoxy groups -OCH3 is 2. The summed E-state index contributed by atoms with van der Waals surface area (Å²) in [6, 6.07) is 3.07. The molecule has 0 amide bonds. The van der Waals surface area contributed by atoms with E-state index >= 15 is 0 Å². The molecular formula is C22H22O13. The minimum atomic E-state index is -1.69. The summed E-state index contributed by atoms with van der Waals surface area (Å²) in [4.78, 5) is 24.9. The smallest absolute Gasteiger partial charge is 0.339 e. The molecule has 13 heteroatoms. The van der Waals surface area contributed by atoms with Crippen molar-refractivity contribution in [3.8, 4) is 34.5 Å². The molecule has 2 aromatic rings. The number of ether oxygens (including phenoxy) is 5. The highest BCUT2D eigenvalue weighted by Crippen LogP contribution is 2.50. The van der Waals surface area contributed by atoms with E-state index < -0.39 is 72.1 Å². The van der Waals surface area contributed by atoms with Crippen molar-refractivity contribution in [1.82, 2.24) is 0 Å². The van der Waals surface area contributed by atoms with Crippen LogP contribution in [0.5, 0.6) is 34.5 Å². The molecule has 1 fully saturated rings. The second-order valence-electron chi connectivity index (χ2n) is 7.83. The molecule has 1 saturated heterocycles. The predicted molar refractivity (Wildman–Crippen MR) is 112 cm³/mol. The van der Waals surface area contributed by atoms with Crippen LogP contribution in [0.15, 0.2) is 18.2 Å². The monoisotopic (exact) mass is 494 g/mol. The summed E-state index contributed by atoms with van der Waals surface area (Å²) in [6.07, 6.45) is -7.42. The number of fused-ring (bicyclic) bond motifs is 3. The number of aliphatic hydroxyl groups excluding tert-OH is 2. The van der Waals surface area contributed by atoms with E-state index in [9.17, 15) is 40.2 Å². The molecule has 35 heavy (non-hydrogen) atoms. The van der Waals surface area contributed by atoms with Gasteiger partial charge in [0.1, 0.15) is 31.0 Å². The summed E-state index contributed by atoms with van der Waals surface area (Å²) in [5.41, 5.74) is -0.569. The van der Waals surface area contributed by atoms with Crippen LogP contribution in [-0.4, -0.2) is 87.8 Å². The van der Waals surface area contributed by atoms with E-state index in [-0.39, 0.29) is 28.2 Å². The molecule has 0 saturated carbocycles. The first-order chi connectivity index (χ1) is 16.6. The lowest BCUT2D eigenvalue weighted by molar-refractivity contribution is -0.235. The highest BCUT2D eigenvalue weighted by molar-refractivity contribution is 5.95. The summed E-state index contributed by atoms with van der Waals surface area (Å²) in [5.74, 6) is -4.84. The largest absolute Gasteiger partial charge is 0.504 e. The summed E-state index contributed by atoms with van der Waals surface area (Å²) in [6.45, 7) is -0.594. The molecule has 6 N–H and O–H groups in total. The van der Waals surface area contributed by atoms with Gasteiger partial charge < -0.3 is 54.3 Å². The van der Waals surface area contributed by atoms with Gasteiger partial charge in [-0.3, -0.25) is 0 Å². The molecule has 0 unspecified atom stereocenters. The third kappa shape index (κ3) is 3.99. The number of esters is 2. The highest BCUT2D eigenvalue weighted by atomic mass is 16.6. The number of benzene rings is 2. The Balaban J connectivity index is 1.59. The van der Waals surface area contributed by atoms with Gasteiger partial charge in [0.25, 0.3) is 0 Å². The quantitative estimate of drug-likeness (QED) is 0.241. The molecule has 2 heterocycles. The minimum absolute atomic E-state index is 0.142. The fourth-order valence-electron chi connectivity index (χ4n) is 4.05. The number of hydrogen-bond donors (Lipinski definition) is 6. The first-order valence-corrected chi connectivity index (χ1v) is 10.2. The van der Waals surface area contributed by atoms with Gasteiger partial charge in [0.05, 0.1) is 25.3 Å². The molecule has 2 aromatic carbocycles. The molecule has 2 aliphatic heterocycles. The van der Waals surface area contributed by atoms with Crippen LogP contribution in [-0.2, 0) is 14.2 Å². The van der Waals surface area contributed by atoms with Crippen molar-refractivity contribution in [2.24, 2.45) is 0 Å². The maximum Gasteiger partial charge on any atom is 0.339 e. The average Bonchev–Trinajstić information content (AvgIpc) is 2.82. The lowest BCUT2D eigenvalue weighted by atomic mass is 9.86. The van der Waals surface area contributed by atoms with Crippen LogP contribution in [0, 0.1) is 0 Å².